The quantitative estimate of drug-likeness (QED) is 0.908. The van der Waals surface area contributed by atoms with Crippen LogP contribution in [0, 0.1) is 5.82 Å². The Hall–Kier alpha value is -1.59. The second-order valence-corrected chi connectivity index (χ2v) is 4.11. The molecule has 0 radical (unpaired) electrons. The SMILES string of the molecule is CNCc1cc(COc2ccc(Cl)cc2F)on1. The minimum atomic E-state index is -0.502. The molecule has 0 spiro atoms. The Labute approximate surface area is 109 Å². The first kappa shape index (κ1) is 12.9. The third-order valence-electron chi connectivity index (χ3n) is 2.23. The van der Waals surface area contributed by atoms with Crippen molar-refractivity contribution < 1.29 is 13.7 Å². The summed E-state index contributed by atoms with van der Waals surface area (Å²) in [5, 5.41) is 7.10. The molecule has 0 amide bonds. The van der Waals surface area contributed by atoms with Gasteiger partial charge >= 0.3 is 0 Å². The summed E-state index contributed by atoms with van der Waals surface area (Å²) in [6.07, 6.45) is 0. The van der Waals surface area contributed by atoms with Gasteiger partial charge in [-0.05, 0) is 25.2 Å². The lowest BCUT2D eigenvalue weighted by Gasteiger charge is -2.04. The van der Waals surface area contributed by atoms with Crippen molar-refractivity contribution in [2.75, 3.05) is 7.05 Å². The molecule has 0 saturated heterocycles. The number of rotatable bonds is 5. The van der Waals surface area contributed by atoms with Gasteiger partial charge in [0.1, 0.15) is 6.61 Å². The molecule has 1 aromatic heterocycles. The van der Waals surface area contributed by atoms with Gasteiger partial charge < -0.3 is 14.6 Å². The van der Waals surface area contributed by atoms with Crippen molar-refractivity contribution in [2.45, 2.75) is 13.2 Å². The van der Waals surface area contributed by atoms with Crippen molar-refractivity contribution >= 4 is 11.6 Å². The van der Waals surface area contributed by atoms with Gasteiger partial charge in [-0.15, -0.1) is 0 Å². The van der Waals surface area contributed by atoms with Crippen molar-refractivity contribution in [3.05, 3.63) is 46.6 Å². The van der Waals surface area contributed by atoms with Gasteiger partial charge in [-0.1, -0.05) is 16.8 Å². The van der Waals surface area contributed by atoms with Gasteiger partial charge in [0.05, 0.1) is 5.69 Å². The highest BCUT2D eigenvalue weighted by molar-refractivity contribution is 6.30. The summed E-state index contributed by atoms with van der Waals surface area (Å²) in [5.74, 6) is 0.165. The summed E-state index contributed by atoms with van der Waals surface area (Å²) in [6.45, 7) is 0.730. The number of hydrogen-bond donors (Lipinski definition) is 1. The summed E-state index contributed by atoms with van der Waals surface area (Å²) in [5.41, 5.74) is 0.771. The van der Waals surface area contributed by atoms with E-state index in [1.54, 1.807) is 12.1 Å². The van der Waals surface area contributed by atoms with E-state index in [0.717, 1.165) is 5.69 Å². The molecule has 18 heavy (non-hydrogen) atoms. The minimum Gasteiger partial charge on any atom is -0.482 e. The molecule has 0 saturated carbocycles. The molecule has 2 aromatic rings. The number of aromatic nitrogens is 1. The molecule has 0 unspecified atom stereocenters. The summed E-state index contributed by atoms with van der Waals surface area (Å²) < 4.78 is 23.7. The summed E-state index contributed by atoms with van der Waals surface area (Å²) in [7, 11) is 1.81. The molecule has 0 aliphatic heterocycles. The van der Waals surface area contributed by atoms with Crippen LogP contribution in [0.5, 0.6) is 5.75 Å². The Kier molecular flexibility index (Phi) is 4.17. The highest BCUT2D eigenvalue weighted by Crippen LogP contribution is 2.22. The zero-order valence-electron chi connectivity index (χ0n) is 9.74. The fourth-order valence-corrected chi connectivity index (χ4v) is 1.59. The molecule has 96 valence electrons. The molecular weight excluding hydrogens is 259 g/mol. The van der Waals surface area contributed by atoms with E-state index in [1.165, 1.54) is 12.1 Å². The number of nitrogens with one attached hydrogen (secondary N) is 1. The Morgan fingerprint density at radius 2 is 2.28 bits per heavy atom. The fraction of sp³-hybridized carbons (Fsp3) is 0.250. The number of ether oxygens (including phenoxy) is 1. The lowest BCUT2D eigenvalue weighted by Crippen LogP contribution is -2.04. The fourth-order valence-electron chi connectivity index (χ4n) is 1.43. The first-order chi connectivity index (χ1) is 8.69. The van der Waals surface area contributed by atoms with Crippen LogP contribution < -0.4 is 10.1 Å². The highest BCUT2D eigenvalue weighted by Gasteiger charge is 2.07. The topological polar surface area (TPSA) is 47.3 Å². The van der Waals surface area contributed by atoms with Crippen molar-refractivity contribution in [2.24, 2.45) is 0 Å². The molecule has 2 rings (SSSR count). The molecule has 1 aromatic carbocycles. The maximum atomic E-state index is 13.4. The van der Waals surface area contributed by atoms with Gasteiger partial charge in [-0.3, -0.25) is 0 Å². The number of nitrogens with zero attached hydrogens (tertiary/aromatic N) is 1. The van der Waals surface area contributed by atoms with Crippen LogP contribution in [0.4, 0.5) is 4.39 Å². The van der Waals surface area contributed by atoms with E-state index < -0.39 is 5.82 Å². The van der Waals surface area contributed by atoms with Gasteiger partial charge in [-0.2, -0.15) is 0 Å². The van der Waals surface area contributed by atoms with Crippen molar-refractivity contribution in [1.29, 1.82) is 0 Å². The monoisotopic (exact) mass is 270 g/mol. The molecule has 6 heteroatoms. The highest BCUT2D eigenvalue weighted by atomic mass is 35.5. The zero-order valence-corrected chi connectivity index (χ0v) is 10.5. The van der Waals surface area contributed by atoms with Crippen LogP contribution in [0.25, 0.3) is 0 Å². The molecule has 0 aliphatic rings. The Balaban J connectivity index is 1.97. The van der Waals surface area contributed by atoms with Crippen LogP contribution in [-0.4, -0.2) is 12.2 Å². The Morgan fingerprint density at radius 3 is 3.00 bits per heavy atom. The first-order valence-electron chi connectivity index (χ1n) is 5.36. The van der Waals surface area contributed by atoms with Crippen molar-refractivity contribution in [3.63, 3.8) is 0 Å². The molecule has 0 aliphatic carbocycles. The third-order valence-corrected chi connectivity index (χ3v) is 2.46. The van der Waals surface area contributed by atoms with Crippen molar-refractivity contribution in [3.8, 4) is 5.75 Å². The largest absolute Gasteiger partial charge is 0.482 e. The first-order valence-corrected chi connectivity index (χ1v) is 5.74. The van der Waals surface area contributed by atoms with E-state index in [-0.39, 0.29) is 12.4 Å². The van der Waals surface area contributed by atoms with E-state index in [9.17, 15) is 4.39 Å². The van der Waals surface area contributed by atoms with E-state index in [1.807, 2.05) is 7.05 Å². The standard InChI is InChI=1S/C12H12ClFN2O2/c1-15-6-9-5-10(18-16-9)7-17-12-3-2-8(13)4-11(12)14/h2-5,15H,6-7H2,1H3. The van der Waals surface area contributed by atoms with E-state index in [0.29, 0.717) is 17.3 Å². The summed E-state index contributed by atoms with van der Waals surface area (Å²) >= 11 is 5.64. The Morgan fingerprint density at radius 1 is 1.44 bits per heavy atom. The molecule has 0 bridgehead atoms. The maximum absolute atomic E-state index is 13.4. The summed E-state index contributed by atoms with van der Waals surface area (Å²) in [6, 6.07) is 5.99. The van der Waals surface area contributed by atoms with Crippen LogP contribution in [0.1, 0.15) is 11.5 Å². The second kappa shape index (κ2) is 5.84. The lowest BCUT2D eigenvalue weighted by molar-refractivity contribution is 0.239. The number of halogens is 2. The zero-order chi connectivity index (χ0) is 13.0. The third kappa shape index (κ3) is 3.21. The van der Waals surface area contributed by atoms with Crippen LogP contribution in [0.2, 0.25) is 5.02 Å². The van der Waals surface area contributed by atoms with E-state index >= 15 is 0 Å². The molecular formula is C12H12ClFN2O2. The normalized spacial score (nSPS) is 10.6. The van der Waals surface area contributed by atoms with E-state index in [2.05, 4.69) is 10.5 Å². The predicted molar refractivity (Wildman–Crippen MR) is 65.0 cm³/mol. The van der Waals surface area contributed by atoms with Gasteiger partial charge in [0.15, 0.2) is 17.3 Å². The van der Waals surface area contributed by atoms with Gasteiger partial charge in [0.25, 0.3) is 0 Å². The minimum absolute atomic E-state index is 0.120. The molecule has 0 atom stereocenters. The van der Waals surface area contributed by atoms with E-state index in [4.69, 9.17) is 20.9 Å². The van der Waals surface area contributed by atoms with Crippen LogP contribution in [-0.2, 0) is 13.2 Å². The van der Waals surface area contributed by atoms with Crippen LogP contribution in [0.3, 0.4) is 0 Å². The van der Waals surface area contributed by atoms with Crippen molar-refractivity contribution in [1.82, 2.24) is 10.5 Å². The predicted octanol–water partition coefficient (Wildman–Crippen LogP) is 2.77. The summed E-state index contributed by atoms with van der Waals surface area (Å²) in [4.78, 5) is 0. The number of hydrogen-bond acceptors (Lipinski definition) is 4. The van der Waals surface area contributed by atoms with Gasteiger partial charge in [-0.25, -0.2) is 4.39 Å². The van der Waals surface area contributed by atoms with Gasteiger partial charge in [0, 0.05) is 17.6 Å². The molecule has 0 fully saturated rings. The lowest BCUT2D eigenvalue weighted by atomic mass is 10.3. The van der Waals surface area contributed by atoms with Gasteiger partial charge in [0.2, 0.25) is 0 Å². The van der Waals surface area contributed by atoms with Crippen LogP contribution >= 0.6 is 11.6 Å². The molecule has 4 nitrogen and oxygen atoms in total. The number of benzene rings is 1. The molecule has 1 heterocycles. The Bertz CT molecular complexity index is 531. The van der Waals surface area contributed by atoms with Crippen LogP contribution in [0.15, 0.2) is 28.8 Å². The molecule has 1 N–H and O–H groups in total. The smallest absolute Gasteiger partial charge is 0.174 e. The maximum Gasteiger partial charge on any atom is 0.174 e. The average molecular weight is 271 g/mol. The average Bonchev–Trinajstić information content (AvgIpc) is 2.76. The second-order valence-electron chi connectivity index (χ2n) is 3.68.